The second-order valence-corrected chi connectivity index (χ2v) is 8.81. The molecule has 2 nitrogen and oxygen atoms in total. The van der Waals surface area contributed by atoms with Crippen molar-refractivity contribution in [1.29, 1.82) is 0 Å². The summed E-state index contributed by atoms with van der Waals surface area (Å²) in [5.74, 6) is -0.713. The zero-order valence-corrected chi connectivity index (χ0v) is 18.8. The summed E-state index contributed by atoms with van der Waals surface area (Å²) in [5, 5.41) is 0.803. The van der Waals surface area contributed by atoms with E-state index in [9.17, 15) is 8.78 Å². The predicted molar refractivity (Wildman–Crippen MR) is 122 cm³/mol. The van der Waals surface area contributed by atoms with Crippen LogP contribution >= 0.6 is 23.2 Å². The van der Waals surface area contributed by atoms with Crippen LogP contribution in [-0.2, 0) is 13.1 Å². The lowest BCUT2D eigenvalue weighted by Crippen LogP contribution is -2.47. The molecule has 4 rings (SSSR count). The number of hydrogen-bond acceptors (Lipinski definition) is 2. The van der Waals surface area contributed by atoms with E-state index in [1.54, 1.807) is 12.1 Å². The molecule has 0 amide bonds. The van der Waals surface area contributed by atoms with Crippen LogP contribution in [0.3, 0.4) is 0 Å². The number of aryl methyl sites for hydroxylation is 1. The minimum absolute atomic E-state index is 0.150. The van der Waals surface area contributed by atoms with Crippen LogP contribution in [0, 0.1) is 18.6 Å². The first-order valence-corrected chi connectivity index (χ1v) is 11.1. The first-order valence-electron chi connectivity index (χ1n) is 10.3. The Labute approximate surface area is 192 Å². The van der Waals surface area contributed by atoms with E-state index in [0.29, 0.717) is 16.6 Å². The zero-order chi connectivity index (χ0) is 22.0. The fraction of sp³-hybridized carbons (Fsp3) is 0.280. The molecule has 3 aromatic rings. The van der Waals surface area contributed by atoms with Crippen LogP contribution in [0.25, 0.3) is 0 Å². The normalized spacial score (nSPS) is 17.8. The Balaban J connectivity index is 1.71. The second kappa shape index (κ2) is 9.66. The highest BCUT2D eigenvalue weighted by Gasteiger charge is 2.32. The van der Waals surface area contributed by atoms with Crippen LogP contribution in [0.1, 0.15) is 34.8 Å². The smallest absolute Gasteiger partial charge is 0.124 e. The summed E-state index contributed by atoms with van der Waals surface area (Å²) in [6, 6.07) is 17.4. The number of nitrogens with zero attached hydrogens (tertiary/aromatic N) is 2. The molecular formula is C25H24Cl2F2N2. The van der Waals surface area contributed by atoms with E-state index in [4.69, 9.17) is 23.2 Å². The van der Waals surface area contributed by atoms with Crippen LogP contribution in [-0.4, -0.2) is 22.9 Å². The van der Waals surface area contributed by atoms with E-state index in [0.717, 1.165) is 37.2 Å². The molecule has 1 saturated heterocycles. The van der Waals surface area contributed by atoms with Crippen molar-refractivity contribution < 1.29 is 8.78 Å². The third-order valence-corrected chi connectivity index (χ3v) is 6.53. The van der Waals surface area contributed by atoms with Gasteiger partial charge in [0.2, 0.25) is 0 Å². The molecule has 0 aromatic heterocycles. The van der Waals surface area contributed by atoms with Crippen molar-refractivity contribution in [2.24, 2.45) is 0 Å². The Morgan fingerprint density at radius 2 is 1.42 bits per heavy atom. The lowest BCUT2D eigenvalue weighted by atomic mass is 10.0. The summed E-state index contributed by atoms with van der Waals surface area (Å²) >= 11 is 12.8. The van der Waals surface area contributed by atoms with Gasteiger partial charge in [0.05, 0.1) is 6.17 Å². The molecule has 1 heterocycles. The number of hydrogen-bond donors (Lipinski definition) is 0. The molecule has 31 heavy (non-hydrogen) atoms. The number of benzene rings is 3. The maximum atomic E-state index is 13.8. The summed E-state index contributed by atoms with van der Waals surface area (Å²) in [6.07, 6.45) is 0.822. The quantitative estimate of drug-likeness (QED) is 0.404. The van der Waals surface area contributed by atoms with Gasteiger partial charge >= 0.3 is 0 Å². The van der Waals surface area contributed by atoms with Gasteiger partial charge in [-0.15, -0.1) is 0 Å². The molecule has 1 unspecified atom stereocenters. The molecule has 162 valence electrons. The second-order valence-electron chi connectivity index (χ2n) is 8.00. The zero-order valence-electron chi connectivity index (χ0n) is 17.3. The van der Waals surface area contributed by atoms with Gasteiger partial charge in [0.25, 0.3) is 0 Å². The Morgan fingerprint density at radius 1 is 0.806 bits per heavy atom. The van der Waals surface area contributed by atoms with Crippen LogP contribution in [0.5, 0.6) is 0 Å². The van der Waals surface area contributed by atoms with Crippen molar-refractivity contribution in [3.05, 3.63) is 105 Å². The minimum Gasteiger partial charge on any atom is -0.280 e. The van der Waals surface area contributed by atoms with Crippen LogP contribution in [0.2, 0.25) is 10.0 Å². The molecule has 1 atom stereocenters. The highest BCUT2D eigenvalue weighted by Crippen LogP contribution is 2.37. The molecular weight excluding hydrogens is 437 g/mol. The average molecular weight is 461 g/mol. The van der Waals surface area contributed by atoms with Crippen LogP contribution < -0.4 is 0 Å². The SMILES string of the molecule is Cc1ccccc1CN1CCCN(Cc2ccc(F)cc2Cl)C1c1ccc(F)cc1Cl. The molecule has 1 aliphatic rings. The molecule has 3 aromatic carbocycles. The maximum absolute atomic E-state index is 13.8. The topological polar surface area (TPSA) is 6.48 Å². The van der Waals surface area contributed by atoms with Crippen LogP contribution in [0.4, 0.5) is 8.78 Å². The van der Waals surface area contributed by atoms with E-state index >= 15 is 0 Å². The van der Waals surface area contributed by atoms with Gasteiger partial charge in [0.15, 0.2) is 0 Å². The summed E-state index contributed by atoms with van der Waals surface area (Å²) in [7, 11) is 0. The third kappa shape index (κ3) is 5.09. The van der Waals surface area contributed by atoms with E-state index < -0.39 is 0 Å². The maximum Gasteiger partial charge on any atom is 0.124 e. The standard InChI is InChI=1S/C25H24Cl2F2N2/c1-17-5-2-3-6-18(17)15-30-11-4-12-31(16-19-7-8-20(28)13-23(19)26)25(30)22-10-9-21(29)14-24(22)27/h2-3,5-10,13-14,25H,4,11-12,15-16H2,1H3. The molecule has 1 aliphatic heterocycles. The van der Waals surface area contributed by atoms with Gasteiger partial charge in [-0.2, -0.15) is 0 Å². The first-order chi connectivity index (χ1) is 14.9. The fourth-order valence-electron chi connectivity index (χ4n) is 4.26. The Bertz CT molecular complexity index is 1070. The largest absolute Gasteiger partial charge is 0.280 e. The van der Waals surface area contributed by atoms with Crippen molar-refractivity contribution in [2.45, 2.75) is 32.6 Å². The van der Waals surface area contributed by atoms with Crippen molar-refractivity contribution in [3.63, 3.8) is 0 Å². The molecule has 0 bridgehead atoms. The molecule has 0 spiro atoms. The molecule has 0 radical (unpaired) electrons. The Kier molecular flexibility index (Phi) is 6.92. The molecule has 0 N–H and O–H groups in total. The van der Waals surface area contributed by atoms with Crippen LogP contribution in [0.15, 0.2) is 60.7 Å². The van der Waals surface area contributed by atoms with Gasteiger partial charge in [-0.25, -0.2) is 8.78 Å². The van der Waals surface area contributed by atoms with Gasteiger partial charge in [-0.1, -0.05) is 59.6 Å². The minimum atomic E-state index is -0.358. The summed E-state index contributed by atoms with van der Waals surface area (Å²) in [4.78, 5) is 4.64. The monoisotopic (exact) mass is 460 g/mol. The molecule has 6 heteroatoms. The summed E-state index contributed by atoms with van der Waals surface area (Å²) in [5.41, 5.74) is 4.18. The van der Waals surface area contributed by atoms with Gasteiger partial charge in [-0.3, -0.25) is 9.80 Å². The lowest BCUT2D eigenvalue weighted by Gasteiger charge is -2.45. The van der Waals surface area contributed by atoms with E-state index in [1.165, 1.54) is 35.4 Å². The number of halogens is 4. The van der Waals surface area contributed by atoms with Crippen molar-refractivity contribution in [1.82, 2.24) is 9.80 Å². The molecule has 0 aliphatic carbocycles. The Hall–Kier alpha value is -1.98. The first kappa shape index (κ1) is 22.2. The number of rotatable bonds is 5. The van der Waals surface area contributed by atoms with Crippen molar-refractivity contribution >= 4 is 23.2 Å². The fourth-order valence-corrected chi connectivity index (χ4v) is 4.75. The summed E-state index contributed by atoms with van der Waals surface area (Å²) in [6.45, 7) is 5.12. The van der Waals surface area contributed by atoms with Crippen molar-refractivity contribution in [2.75, 3.05) is 13.1 Å². The van der Waals surface area contributed by atoms with Gasteiger partial charge in [-0.05, 0) is 54.3 Å². The van der Waals surface area contributed by atoms with E-state index in [-0.39, 0.29) is 17.8 Å². The van der Waals surface area contributed by atoms with Gasteiger partial charge in [0, 0.05) is 41.8 Å². The van der Waals surface area contributed by atoms with Gasteiger partial charge < -0.3 is 0 Å². The molecule has 1 fully saturated rings. The highest BCUT2D eigenvalue weighted by atomic mass is 35.5. The molecule has 0 saturated carbocycles. The third-order valence-electron chi connectivity index (χ3n) is 5.85. The van der Waals surface area contributed by atoms with E-state index in [2.05, 4.69) is 28.9 Å². The van der Waals surface area contributed by atoms with E-state index in [1.807, 2.05) is 12.1 Å². The Morgan fingerprint density at radius 3 is 2.06 bits per heavy atom. The average Bonchev–Trinajstić information content (AvgIpc) is 2.73. The van der Waals surface area contributed by atoms with Gasteiger partial charge in [0.1, 0.15) is 11.6 Å². The predicted octanol–water partition coefficient (Wildman–Crippen LogP) is 6.99. The highest BCUT2D eigenvalue weighted by molar-refractivity contribution is 6.31. The summed E-state index contributed by atoms with van der Waals surface area (Å²) < 4.78 is 27.3. The van der Waals surface area contributed by atoms with Crippen molar-refractivity contribution in [3.8, 4) is 0 Å². The lowest BCUT2D eigenvalue weighted by molar-refractivity contribution is -0.00915.